The van der Waals surface area contributed by atoms with Crippen LogP contribution in [-0.4, -0.2) is 5.78 Å². The lowest BCUT2D eigenvalue weighted by Gasteiger charge is -2.00. The van der Waals surface area contributed by atoms with Crippen LogP contribution in [0.15, 0.2) is 42.5 Å². The van der Waals surface area contributed by atoms with E-state index in [-0.39, 0.29) is 5.78 Å². The van der Waals surface area contributed by atoms with Gasteiger partial charge in [0.05, 0.1) is 0 Å². The molecule has 0 atom stereocenters. The van der Waals surface area contributed by atoms with Crippen molar-refractivity contribution >= 4 is 17.1 Å². The van der Waals surface area contributed by atoms with Crippen LogP contribution in [0.3, 0.4) is 0 Å². The summed E-state index contributed by atoms with van der Waals surface area (Å²) < 4.78 is 0. The van der Waals surface area contributed by atoms with Crippen LogP contribution >= 0.6 is 11.3 Å². The molecule has 0 saturated carbocycles. The number of hydrogen-bond acceptors (Lipinski definition) is 2. The van der Waals surface area contributed by atoms with Crippen molar-refractivity contribution in [3.8, 4) is 0 Å². The highest BCUT2D eigenvalue weighted by atomic mass is 32.1. The molecule has 0 radical (unpaired) electrons. The number of rotatable bonds is 6. The van der Waals surface area contributed by atoms with Gasteiger partial charge in [-0.2, -0.15) is 0 Å². The lowest BCUT2D eigenvalue weighted by atomic mass is 10.1. The molecule has 2 heteroatoms. The summed E-state index contributed by atoms with van der Waals surface area (Å²) in [6.45, 7) is 2.18. The molecule has 0 amide bonds. The number of thiophene rings is 1. The number of Topliss-reactive ketones (excluding diaryl/α,β-unsaturated/α-hetero) is 1. The van der Waals surface area contributed by atoms with Crippen LogP contribution in [0.2, 0.25) is 0 Å². The summed E-state index contributed by atoms with van der Waals surface area (Å²) in [6, 6.07) is 13.9. The Morgan fingerprint density at radius 2 is 1.78 bits per heavy atom. The molecule has 18 heavy (non-hydrogen) atoms. The normalized spacial score (nSPS) is 10.5. The molecule has 1 aromatic carbocycles. The van der Waals surface area contributed by atoms with E-state index in [0.717, 1.165) is 24.8 Å². The molecule has 0 spiro atoms. The van der Waals surface area contributed by atoms with Gasteiger partial charge in [-0.25, -0.2) is 0 Å². The summed E-state index contributed by atoms with van der Waals surface area (Å²) in [5, 5.41) is 0. The van der Waals surface area contributed by atoms with Crippen molar-refractivity contribution in [2.45, 2.75) is 32.6 Å². The van der Waals surface area contributed by atoms with E-state index in [1.165, 1.54) is 9.75 Å². The van der Waals surface area contributed by atoms with Gasteiger partial charge >= 0.3 is 0 Å². The zero-order chi connectivity index (χ0) is 12.8. The van der Waals surface area contributed by atoms with Crippen molar-refractivity contribution in [1.29, 1.82) is 0 Å². The van der Waals surface area contributed by atoms with Crippen LogP contribution < -0.4 is 0 Å². The number of benzene rings is 1. The zero-order valence-electron chi connectivity index (χ0n) is 10.7. The van der Waals surface area contributed by atoms with E-state index >= 15 is 0 Å². The Hall–Kier alpha value is -1.41. The third kappa shape index (κ3) is 3.54. The Bertz CT molecular complexity index is 499. The lowest BCUT2D eigenvalue weighted by molar-refractivity contribution is 0.0980. The van der Waals surface area contributed by atoms with E-state index < -0.39 is 0 Å². The summed E-state index contributed by atoms with van der Waals surface area (Å²) in [5.74, 6) is 0.253. The summed E-state index contributed by atoms with van der Waals surface area (Å²) in [7, 11) is 0. The predicted molar refractivity (Wildman–Crippen MR) is 77.4 cm³/mol. The Kier molecular flexibility index (Phi) is 4.71. The molecule has 0 aliphatic heterocycles. The first-order chi connectivity index (χ1) is 8.79. The van der Waals surface area contributed by atoms with Crippen LogP contribution in [0, 0.1) is 0 Å². The Labute approximate surface area is 112 Å². The first kappa shape index (κ1) is 13.0. The number of ketones is 1. The summed E-state index contributed by atoms with van der Waals surface area (Å²) in [6.07, 6.45) is 3.71. The molecule has 0 N–H and O–H groups in total. The average molecular weight is 258 g/mol. The van der Waals surface area contributed by atoms with Crippen LogP contribution in [0.5, 0.6) is 0 Å². The molecule has 2 rings (SSSR count). The molecule has 1 nitrogen and oxygen atoms in total. The van der Waals surface area contributed by atoms with Crippen molar-refractivity contribution in [3.05, 3.63) is 57.8 Å². The van der Waals surface area contributed by atoms with Gasteiger partial charge in [-0.15, -0.1) is 11.3 Å². The van der Waals surface area contributed by atoms with Crippen LogP contribution in [0.4, 0.5) is 0 Å². The van der Waals surface area contributed by atoms with E-state index in [0.29, 0.717) is 6.42 Å². The Balaban J connectivity index is 1.80. The monoisotopic (exact) mass is 258 g/mol. The second-order valence-electron chi connectivity index (χ2n) is 4.36. The molecule has 2 aromatic rings. The van der Waals surface area contributed by atoms with E-state index in [9.17, 15) is 4.79 Å². The van der Waals surface area contributed by atoms with Crippen molar-refractivity contribution < 1.29 is 4.79 Å². The number of hydrogen-bond donors (Lipinski definition) is 0. The van der Waals surface area contributed by atoms with Gasteiger partial charge in [0, 0.05) is 21.7 Å². The molecular formula is C16H18OS. The van der Waals surface area contributed by atoms with Gasteiger partial charge in [-0.3, -0.25) is 4.79 Å². The molecule has 0 unspecified atom stereocenters. The predicted octanol–water partition coefficient (Wildman–Crippen LogP) is 4.52. The fraction of sp³-hybridized carbons (Fsp3) is 0.312. The van der Waals surface area contributed by atoms with Crippen molar-refractivity contribution in [2.75, 3.05) is 0 Å². The quantitative estimate of drug-likeness (QED) is 0.696. The molecule has 0 bridgehead atoms. The maximum Gasteiger partial charge on any atom is 0.162 e. The summed E-state index contributed by atoms with van der Waals surface area (Å²) in [4.78, 5) is 14.7. The fourth-order valence-electron chi connectivity index (χ4n) is 1.94. The van der Waals surface area contributed by atoms with Gasteiger partial charge in [0.25, 0.3) is 0 Å². The number of aryl methyl sites for hydroxylation is 2. The molecule has 0 aliphatic carbocycles. The third-order valence-corrected chi connectivity index (χ3v) is 4.28. The van der Waals surface area contributed by atoms with Crippen molar-refractivity contribution in [3.63, 3.8) is 0 Å². The molecular weight excluding hydrogens is 240 g/mol. The third-order valence-electron chi connectivity index (χ3n) is 2.99. The van der Waals surface area contributed by atoms with Crippen LogP contribution in [0.25, 0.3) is 0 Å². The largest absolute Gasteiger partial charge is 0.294 e. The summed E-state index contributed by atoms with van der Waals surface area (Å²) >= 11 is 1.87. The smallest absolute Gasteiger partial charge is 0.162 e. The standard InChI is InChI=1S/C16H18OS/c1-2-14-11-12-15(18-14)9-6-10-16(17)13-7-4-3-5-8-13/h3-5,7-8,11-12H,2,6,9-10H2,1H3. The molecule has 1 heterocycles. The van der Waals surface area contributed by atoms with E-state index in [4.69, 9.17) is 0 Å². The Morgan fingerprint density at radius 3 is 2.44 bits per heavy atom. The first-order valence-corrected chi connectivity index (χ1v) is 7.27. The lowest BCUT2D eigenvalue weighted by Crippen LogP contribution is -1.98. The van der Waals surface area contributed by atoms with Gasteiger partial charge < -0.3 is 0 Å². The van der Waals surface area contributed by atoms with Gasteiger partial charge in [0.1, 0.15) is 0 Å². The van der Waals surface area contributed by atoms with Crippen LogP contribution in [-0.2, 0) is 12.8 Å². The molecule has 0 aliphatic rings. The zero-order valence-corrected chi connectivity index (χ0v) is 11.5. The van der Waals surface area contributed by atoms with Crippen molar-refractivity contribution in [2.24, 2.45) is 0 Å². The maximum absolute atomic E-state index is 11.9. The van der Waals surface area contributed by atoms with Gasteiger partial charge in [-0.05, 0) is 31.4 Å². The SMILES string of the molecule is CCc1ccc(CCCC(=O)c2ccccc2)s1. The second-order valence-corrected chi connectivity index (χ2v) is 5.62. The highest BCUT2D eigenvalue weighted by Crippen LogP contribution is 2.19. The highest BCUT2D eigenvalue weighted by Gasteiger charge is 2.05. The second kappa shape index (κ2) is 6.50. The van der Waals surface area contributed by atoms with E-state index in [1.807, 2.05) is 41.7 Å². The van der Waals surface area contributed by atoms with Crippen LogP contribution in [0.1, 0.15) is 39.9 Å². The number of carbonyl (C=O) groups excluding carboxylic acids is 1. The minimum atomic E-state index is 0.253. The molecule has 0 fully saturated rings. The molecule has 1 aromatic heterocycles. The molecule has 0 saturated heterocycles. The minimum absolute atomic E-state index is 0.253. The highest BCUT2D eigenvalue weighted by molar-refractivity contribution is 7.11. The van der Waals surface area contributed by atoms with E-state index in [1.54, 1.807) is 0 Å². The fourth-order valence-corrected chi connectivity index (χ4v) is 2.94. The average Bonchev–Trinajstić information content (AvgIpc) is 2.87. The summed E-state index contributed by atoms with van der Waals surface area (Å²) in [5.41, 5.74) is 0.831. The number of carbonyl (C=O) groups is 1. The topological polar surface area (TPSA) is 17.1 Å². The van der Waals surface area contributed by atoms with E-state index in [2.05, 4.69) is 19.1 Å². The first-order valence-electron chi connectivity index (χ1n) is 6.45. The van der Waals surface area contributed by atoms with Gasteiger partial charge in [0.15, 0.2) is 5.78 Å². The maximum atomic E-state index is 11.9. The van der Waals surface area contributed by atoms with Crippen molar-refractivity contribution in [1.82, 2.24) is 0 Å². The van der Waals surface area contributed by atoms with Gasteiger partial charge in [-0.1, -0.05) is 37.3 Å². The molecule has 94 valence electrons. The minimum Gasteiger partial charge on any atom is -0.294 e. The Morgan fingerprint density at radius 1 is 1.06 bits per heavy atom. The van der Waals surface area contributed by atoms with Gasteiger partial charge in [0.2, 0.25) is 0 Å².